The maximum atomic E-state index is 12.6. The first-order valence-corrected chi connectivity index (χ1v) is 6.99. The predicted molar refractivity (Wildman–Crippen MR) is 78.2 cm³/mol. The van der Waals surface area contributed by atoms with Crippen molar-refractivity contribution in [2.45, 2.75) is 19.9 Å². The number of hydrogen-bond donors (Lipinski definition) is 1. The molecule has 2 amide bonds. The predicted octanol–water partition coefficient (Wildman–Crippen LogP) is 0.375. The first kappa shape index (κ1) is 14.2. The number of hydrazone groups is 1. The number of amides is 2. The summed E-state index contributed by atoms with van der Waals surface area (Å²) >= 11 is 0. The van der Waals surface area contributed by atoms with Gasteiger partial charge in [-0.05, 0) is 31.5 Å². The molecule has 0 aliphatic carbocycles. The van der Waals surface area contributed by atoms with E-state index in [0.717, 1.165) is 10.5 Å². The molecule has 22 heavy (non-hydrogen) atoms. The van der Waals surface area contributed by atoms with Crippen molar-refractivity contribution < 1.29 is 19.1 Å². The highest BCUT2D eigenvalue weighted by molar-refractivity contribution is 6.46. The van der Waals surface area contributed by atoms with Gasteiger partial charge in [-0.25, -0.2) is 9.69 Å². The van der Waals surface area contributed by atoms with Crippen molar-refractivity contribution in [3.05, 3.63) is 29.8 Å². The molecular weight excluding hydrogens is 286 g/mol. The molecule has 1 N–H and O–H groups in total. The van der Waals surface area contributed by atoms with Crippen molar-refractivity contribution in [1.82, 2.24) is 5.43 Å². The molecule has 0 radical (unpaired) electrons. The van der Waals surface area contributed by atoms with E-state index in [9.17, 15) is 14.4 Å². The Bertz CT molecular complexity index is 698. The Hall–Kier alpha value is -2.70. The summed E-state index contributed by atoms with van der Waals surface area (Å²) in [5, 5.41) is 3.81. The van der Waals surface area contributed by atoms with Crippen LogP contribution in [0.15, 0.2) is 29.4 Å². The zero-order chi connectivity index (χ0) is 15.9. The number of carbonyl (C=O) groups excluding carboxylic acids is 3. The van der Waals surface area contributed by atoms with E-state index in [4.69, 9.17) is 4.74 Å². The van der Waals surface area contributed by atoms with Crippen LogP contribution in [0.4, 0.5) is 5.69 Å². The Labute approximate surface area is 126 Å². The molecular formula is C15H15N3O4. The van der Waals surface area contributed by atoms with Crippen LogP contribution in [0.25, 0.3) is 0 Å². The number of nitrogens with zero attached hydrogens (tertiary/aromatic N) is 2. The number of anilines is 1. The fourth-order valence-corrected chi connectivity index (χ4v) is 2.68. The third kappa shape index (κ3) is 2.05. The number of carbonyl (C=O) groups is 3. The molecule has 0 bridgehead atoms. The van der Waals surface area contributed by atoms with Crippen LogP contribution in [0.2, 0.25) is 0 Å². The zero-order valence-corrected chi connectivity index (χ0v) is 12.2. The highest BCUT2D eigenvalue weighted by atomic mass is 16.5. The van der Waals surface area contributed by atoms with E-state index < -0.39 is 29.7 Å². The first-order chi connectivity index (χ1) is 10.5. The molecule has 1 aromatic rings. The fraction of sp³-hybridized carbons (Fsp3) is 0.333. The molecule has 7 heteroatoms. The number of fused-ring (bicyclic) bond motifs is 1. The summed E-state index contributed by atoms with van der Waals surface area (Å²) in [4.78, 5) is 38.0. The summed E-state index contributed by atoms with van der Waals surface area (Å²) in [5.41, 5.74) is 3.96. The minimum Gasteiger partial charge on any atom is -0.461 e. The molecule has 114 valence electrons. The van der Waals surface area contributed by atoms with Gasteiger partial charge in [0.1, 0.15) is 12.0 Å². The van der Waals surface area contributed by atoms with Gasteiger partial charge in [-0.3, -0.25) is 15.0 Å². The SMILES string of the molecule is CCOC(=O)C1=NN[C@H]2C(=O)N(c3cccc(C)c3)C(=O)[C@@H]12. The second-order valence-corrected chi connectivity index (χ2v) is 5.15. The van der Waals surface area contributed by atoms with E-state index in [-0.39, 0.29) is 12.3 Å². The van der Waals surface area contributed by atoms with E-state index in [0.29, 0.717) is 5.69 Å². The number of nitrogens with one attached hydrogen (secondary N) is 1. The van der Waals surface area contributed by atoms with Crippen molar-refractivity contribution in [3.8, 4) is 0 Å². The lowest BCUT2D eigenvalue weighted by atomic mass is 9.99. The van der Waals surface area contributed by atoms with Crippen LogP contribution < -0.4 is 10.3 Å². The van der Waals surface area contributed by atoms with Gasteiger partial charge >= 0.3 is 5.97 Å². The van der Waals surface area contributed by atoms with Crippen LogP contribution in [0, 0.1) is 12.8 Å². The van der Waals surface area contributed by atoms with Gasteiger partial charge in [-0.1, -0.05) is 12.1 Å². The van der Waals surface area contributed by atoms with Gasteiger partial charge in [0.25, 0.3) is 5.91 Å². The van der Waals surface area contributed by atoms with E-state index in [1.165, 1.54) is 0 Å². The summed E-state index contributed by atoms with van der Waals surface area (Å²) in [7, 11) is 0. The van der Waals surface area contributed by atoms with E-state index in [1.54, 1.807) is 25.1 Å². The molecule has 0 saturated carbocycles. The van der Waals surface area contributed by atoms with Gasteiger partial charge in [0.05, 0.1) is 12.3 Å². The van der Waals surface area contributed by atoms with Crippen molar-refractivity contribution in [3.63, 3.8) is 0 Å². The third-order valence-electron chi connectivity index (χ3n) is 3.67. The Morgan fingerprint density at radius 1 is 1.36 bits per heavy atom. The molecule has 1 aromatic carbocycles. The quantitative estimate of drug-likeness (QED) is 0.644. The van der Waals surface area contributed by atoms with Gasteiger partial charge in [0.2, 0.25) is 5.91 Å². The first-order valence-electron chi connectivity index (χ1n) is 6.99. The lowest BCUT2D eigenvalue weighted by Crippen LogP contribution is -2.36. The summed E-state index contributed by atoms with van der Waals surface area (Å²) in [5.74, 6) is -2.47. The standard InChI is InChI=1S/C15H15N3O4/c1-3-22-15(21)12-10-11(16-17-12)14(20)18(13(10)19)9-6-4-5-8(2)7-9/h4-7,10-11,16H,3H2,1-2H3/t10-,11-/m1/s1. The van der Waals surface area contributed by atoms with E-state index in [2.05, 4.69) is 10.5 Å². The summed E-state index contributed by atoms with van der Waals surface area (Å²) < 4.78 is 4.89. The van der Waals surface area contributed by atoms with Crippen molar-refractivity contribution in [2.75, 3.05) is 11.5 Å². The lowest BCUT2D eigenvalue weighted by molar-refractivity contribution is -0.136. The van der Waals surface area contributed by atoms with Crippen LogP contribution in [-0.4, -0.2) is 36.1 Å². The molecule has 1 saturated heterocycles. The molecule has 2 atom stereocenters. The van der Waals surface area contributed by atoms with Gasteiger partial charge in [-0.2, -0.15) is 5.10 Å². The Balaban J connectivity index is 1.93. The summed E-state index contributed by atoms with van der Waals surface area (Å²) in [6, 6.07) is 6.24. The van der Waals surface area contributed by atoms with Crippen LogP contribution in [0.1, 0.15) is 12.5 Å². The van der Waals surface area contributed by atoms with Crippen LogP contribution >= 0.6 is 0 Å². The molecule has 2 aliphatic rings. The molecule has 2 heterocycles. The topological polar surface area (TPSA) is 88.1 Å². The molecule has 2 aliphatic heterocycles. The van der Waals surface area contributed by atoms with Crippen molar-refractivity contribution in [2.24, 2.45) is 11.0 Å². The molecule has 7 nitrogen and oxygen atoms in total. The smallest absolute Gasteiger partial charge is 0.355 e. The normalized spacial score (nSPS) is 23.2. The molecule has 0 spiro atoms. The largest absolute Gasteiger partial charge is 0.461 e. The van der Waals surface area contributed by atoms with E-state index in [1.807, 2.05) is 13.0 Å². The Morgan fingerprint density at radius 2 is 2.14 bits per heavy atom. The average molecular weight is 301 g/mol. The van der Waals surface area contributed by atoms with Gasteiger partial charge in [-0.15, -0.1) is 0 Å². The highest BCUT2D eigenvalue weighted by Gasteiger charge is 2.55. The highest BCUT2D eigenvalue weighted by Crippen LogP contribution is 2.31. The van der Waals surface area contributed by atoms with Gasteiger partial charge in [0.15, 0.2) is 5.71 Å². The second kappa shape index (κ2) is 5.25. The third-order valence-corrected chi connectivity index (χ3v) is 3.67. The fourth-order valence-electron chi connectivity index (χ4n) is 2.68. The van der Waals surface area contributed by atoms with Crippen LogP contribution in [0.5, 0.6) is 0 Å². The number of imide groups is 1. The van der Waals surface area contributed by atoms with Crippen LogP contribution in [0.3, 0.4) is 0 Å². The number of esters is 1. The van der Waals surface area contributed by atoms with Crippen molar-refractivity contribution in [1.29, 1.82) is 0 Å². The average Bonchev–Trinajstić information content (AvgIpc) is 3.01. The Morgan fingerprint density at radius 3 is 2.82 bits per heavy atom. The lowest BCUT2D eigenvalue weighted by Gasteiger charge is -2.16. The molecule has 0 unspecified atom stereocenters. The maximum Gasteiger partial charge on any atom is 0.355 e. The summed E-state index contributed by atoms with van der Waals surface area (Å²) in [6.07, 6.45) is 0. The number of aryl methyl sites for hydroxylation is 1. The number of ether oxygens (including phenoxy) is 1. The maximum absolute atomic E-state index is 12.6. The molecule has 3 rings (SSSR count). The van der Waals surface area contributed by atoms with Crippen molar-refractivity contribution >= 4 is 29.2 Å². The minimum atomic E-state index is -0.924. The molecule has 1 fully saturated rings. The Kier molecular flexibility index (Phi) is 3.40. The minimum absolute atomic E-state index is 0.0413. The van der Waals surface area contributed by atoms with Gasteiger partial charge < -0.3 is 4.74 Å². The number of benzene rings is 1. The van der Waals surface area contributed by atoms with Gasteiger partial charge in [0, 0.05) is 0 Å². The number of rotatable bonds is 3. The summed E-state index contributed by atoms with van der Waals surface area (Å²) in [6.45, 7) is 3.72. The van der Waals surface area contributed by atoms with Crippen LogP contribution in [-0.2, 0) is 19.1 Å². The second-order valence-electron chi connectivity index (χ2n) is 5.15. The number of hydrogen-bond acceptors (Lipinski definition) is 6. The molecule has 0 aromatic heterocycles. The zero-order valence-electron chi connectivity index (χ0n) is 12.2. The van der Waals surface area contributed by atoms with E-state index >= 15 is 0 Å². The monoisotopic (exact) mass is 301 g/mol.